The van der Waals surface area contributed by atoms with Gasteiger partial charge in [-0.05, 0) is 72.3 Å². The van der Waals surface area contributed by atoms with Crippen LogP contribution in [-0.2, 0) is 25.4 Å². The van der Waals surface area contributed by atoms with E-state index in [4.69, 9.17) is 29.7 Å². The topological polar surface area (TPSA) is 205 Å². The number of halogens is 1. The van der Waals surface area contributed by atoms with Gasteiger partial charge < -0.3 is 44.9 Å². The number of aryl methyl sites for hydroxylation is 3. The number of aromatic nitrogens is 12. The average Bonchev–Trinajstić information content (AvgIpc) is 4.12. The first-order valence-corrected chi connectivity index (χ1v) is 21.2. The van der Waals surface area contributed by atoms with Crippen molar-refractivity contribution in [3.63, 3.8) is 0 Å². The van der Waals surface area contributed by atoms with Gasteiger partial charge >= 0.3 is 0 Å². The molecule has 0 spiro atoms. The Labute approximate surface area is 358 Å². The monoisotopic (exact) mass is 890 g/mol. The van der Waals surface area contributed by atoms with Crippen molar-refractivity contribution in [2.24, 2.45) is 20.0 Å². The maximum absolute atomic E-state index is 14.1. The molecule has 9 heterocycles. The van der Waals surface area contributed by atoms with Crippen molar-refractivity contribution >= 4 is 79.0 Å². The van der Waals surface area contributed by atoms with Gasteiger partial charge in [0.05, 0.1) is 54.4 Å². The van der Waals surface area contributed by atoms with Gasteiger partial charge in [-0.15, -0.1) is 5.10 Å². The number of piperidine rings is 1. The molecule has 0 radical (unpaired) electrons. The van der Waals surface area contributed by atoms with Gasteiger partial charge in [-0.25, -0.2) is 9.97 Å². The fourth-order valence-electron chi connectivity index (χ4n) is 8.72. The van der Waals surface area contributed by atoms with Crippen LogP contribution in [0.4, 0.5) is 29.4 Å². The number of methoxy groups -OCH3 is 1. The third-order valence-corrected chi connectivity index (χ3v) is 12.3. The molecule has 0 saturated carbocycles. The number of nitrogens with one attached hydrogen (secondary N) is 4. The molecule has 10 rings (SSSR count). The third kappa shape index (κ3) is 7.45. The van der Waals surface area contributed by atoms with E-state index in [1.54, 1.807) is 28.8 Å². The van der Waals surface area contributed by atoms with Gasteiger partial charge in [-0.1, -0.05) is 12.6 Å². The number of ether oxygens (including phenoxy) is 1. The summed E-state index contributed by atoms with van der Waals surface area (Å²) in [5.41, 5.74) is 5.87. The largest absolute Gasteiger partial charge is 0.478 e. The van der Waals surface area contributed by atoms with E-state index in [0.29, 0.717) is 95.6 Å². The highest BCUT2D eigenvalue weighted by atomic mass is 79.9. The van der Waals surface area contributed by atoms with Gasteiger partial charge in [-0.2, -0.15) is 29.5 Å². The molecular formula is C40H47BrN18O2. The summed E-state index contributed by atoms with van der Waals surface area (Å²) in [6.07, 6.45) is 8.29. The highest BCUT2D eigenvalue weighted by Crippen LogP contribution is 2.33. The normalized spacial score (nSPS) is 19.0. The predicted molar refractivity (Wildman–Crippen MR) is 234 cm³/mol. The molecular weight excluding hydrogens is 844 g/mol. The molecule has 0 bridgehead atoms. The van der Waals surface area contributed by atoms with Gasteiger partial charge in [0.25, 0.3) is 5.88 Å². The Hall–Kier alpha value is -6.35. The van der Waals surface area contributed by atoms with E-state index in [0.717, 1.165) is 52.9 Å². The second-order valence-electron chi connectivity index (χ2n) is 16.2. The molecule has 6 aromatic heterocycles. The molecule has 1 aromatic carbocycles. The molecule has 3 aliphatic rings. The van der Waals surface area contributed by atoms with Crippen LogP contribution >= 0.6 is 15.9 Å². The molecule has 61 heavy (non-hydrogen) atoms. The highest BCUT2D eigenvalue weighted by Gasteiger charge is 2.36. The predicted octanol–water partition coefficient (Wildman–Crippen LogP) is 3.38. The quantitative estimate of drug-likeness (QED) is 0.130. The van der Waals surface area contributed by atoms with Gasteiger partial charge in [0.1, 0.15) is 11.5 Å². The Morgan fingerprint density at radius 1 is 1.07 bits per heavy atom. The molecule has 7 aromatic rings. The van der Waals surface area contributed by atoms with Crippen LogP contribution in [0.5, 0.6) is 5.88 Å². The van der Waals surface area contributed by atoms with Gasteiger partial charge in [0.2, 0.25) is 23.8 Å². The summed E-state index contributed by atoms with van der Waals surface area (Å²) in [5, 5.41) is 19.3. The lowest BCUT2D eigenvalue weighted by molar-refractivity contribution is -0.118. The van der Waals surface area contributed by atoms with Gasteiger partial charge in [-0.3, -0.25) is 9.48 Å². The number of carbonyl (C=O) groups excluding carboxylic acids is 1. The minimum atomic E-state index is -0.257. The number of aromatic amines is 1. The van der Waals surface area contributed by atoms with E-state index >= 15 is 0 Å². The fourth-order valence-corrected chi connectivity index (χ4v) is 9.06. The van der Waals surface area contributed by atoms with Crippen LogP contribution in [0.25, 0.3) is 27.8 Å². The van der Waals surface area contributed by atoms with Crippen LogP contribution in [0.2, 0.25) is 0 Å². The third-order valence-electron chi connectivity index (χ3n) is 11.8. The molecule has 1 amide bonds. The molecule has 3 fully saturated rings. The Kier molecular flexibility index (Phi) is 9.93. The Morgan fingerprint density at radius 3 is 2.77 bits per heavy atom. The number of carbonyl (C=O) groups is 1. The number of hydrogen-bond donors (Lipinski definition) is 4. The maximum atomic E-state index is 14.1. The summed E-state index contributed by atoms with van der Waals surface area (Å²) in [6, 6.07) is 6.35. The minimum Gasteiger partial charge on any atom is -0.478 e. The van der Waals surface area contributed by atoms with E-state index in [9.17, 15) is 4.79 Å². The van der Waals surface area contributed by atoms with Crippen molar-refractivity contribution in [1.82, 2.24) is 69.5 Å². The summed E-state index contributed by atoms with van der Waals surface area (Å²) in [7, 11) is 5.29. The standard InChI is InChI=1S/C40H47BrN18O2/c1-22-8-9-27-28(13-22)47-31(46-27)20-58(40-52-39(50-34-26(41)14-44-59(34)40)57-16-24-7-6-11-42-29(24)19-57)15-23(2)36(60)45-25-10-12-56(17-25)38-49-33(32-35(51-38)54(3)21-43-32)48-30-18-55(4)53-37(30)61-5/h8-9,13-14,18,21,24-25,29,42H,2,6-7,10-12,15-17,19-20H2,1,3-5H3,(H,45,60)(H,46,47)(H,48,49,51). The number of imidazole rings is 2. The SMILES string of the molecule is C=C(CN(Cc1nc2ccc(C)cc2[nH]1)c1nc(N2CC3CCCNC3C2)nc2c(Br)cnn12)C(=O)NC1CCN(c2nc(Nc3cn(C)nc3OC)c3ncn(C)c3n2)C1. The Morgan fingerprint density at radius 2 is 1.92 bits per heavy atom. The number of rotatable bonds is 12. The Bertz CT molecular complexity index is 2790. The van der Waals surface area contributed by atoms with E-state index in [1.165, 1.54) is 6.42 Å². The second-order valence-corrected chi connectivity index (χ2v) is 17.1. The van der Waals surface area contributed by atoms with Gasteiger partial charge in [0.15, 0.2) is 22.6 Å². The van der Waals surface area contributed by atoms with Crippen molar-refractivity contribution in [2.45, 2.75) is 44.8 Å². The number of H-pyrrole nitrogens is 1. The summed E-state index contributed by atoms with van der Waals surface area (Å²) in [4.78, 5) is 53.3. The van der Waals surface area contributed by atoms with Crippen molar-refractivity contribution in [3.05, 3.63) is 64.9 Å². The summed E-state index contributed by atoms with van der Waals surface area (Å²) in [5.74, 6) is 3.63. The molecule has 3 aliphatic heterocycles. The van der Waals surface area contributed by atoms with E-state index in [1.807, 2.05) is 41.9 Å². The van der Waals surface area contributed by atoms with E-state index < -0.39 is 0 Å². The zero-order valence-electron chi connectivity index (χ0n) is 34.4. The van der Waals surface area contributed by atoms with Crippen LogP contribution in [-0.4, -0.2) is 123 Å². The average molecular weight is 892 g/mol. The first kappa shape index (κ1) is 38.8. The molecule has 3 atom stereocenters. The summed E-state index contributed by atoms with van der Waals surface area (Å²) >= 11 is 3.68. The zero-order valence-corrected chi connectivity index (χ0v) is 36.0. The first-order chi connectivity index (χ1) is 29.6. The number of amides is 1. The van der Waals surface area contributed by atoms with Crippen molar-refractivity contribution in [1.29, 1.82) is 0 Å². The molecule has 0 aliphatic carbocycles. The van der Waals surface area contributed by atoms with E-state index in [-0.39, 0.29) is 18.5 Å². The summed E-state index contributed by atoms with van der Waals surface area (Å²) in [6.45, 7) is 10.7. The molecule has 3 unspecified atom stereocenters. The Balaban J connectivity index is 0.902. The van der Waals surface area contributed by atoms with Crippen molar-refractivity contribution in [2.75, 3.05) is 66.4 Å². The van der Waals surface area contributed by atoms with Crippen LogP contribution in [0.3, 0.4) is 0 Å². The van der Waals surface area contributed by atoms with Crippen molar-refractivity contribution < 1.29 is 9.53 Å². The number of hydrogen-bond acceptors (Lipinski definition) is 15. The highest BCUT2D eigenvalue weighted by molar-refractivity contribution is 9.10. The van der Waals surface area contributed by atoms with Crippen LogP contribution < -0.4 is 35.4 Å². The number of benzene rings is 1. The lowest BCUT2D eigenvalue weighted by Gasteiger charge is -2.26. The second kappa shape index (κ2) is 15.6. The first-order valence-electron chi connectivity index (χ1n) is 20.4. The lowest BCUT2D eigenvalue weighted by atomic mass is 9.94. The minimum absolute atomic E-state index is 0.154. The molecule has 316 valence electrons. The van der Waals surface area contributed by atoms with Crippen LogP contribution in [0.15, 0.2) is 53.5 Å². The fraction of sp³-hybridized carbons (Fsp3) is 0.425. The smallest absolute Gasteiger partial charge is 0.256 e. The molecule has 4 N–H and O–H groups in total. The molecule has 3 saturated heterocycles. The molecule has 20 nitrogen and oxygen atoms in total. The summed E-state index contributed by atoms with van der Waals surface area (Å²) < 4.78 is 11.5. The van der Waals surface area contributed by atoms with Crippen LogP contribution in [0, 0.1) is 12.8 Å². The number of nitrogens with zero attached hydrogens (tertiary/aromatic N) is 14. The lowest BCUT2D eigenvalue weighted by Crippen LogP contribution is -2.41. The van der Waals surface area contributed by atoms with Gasteiger partial charge in [0, 0.05) is 57.9 Å². The van der Waals surface area contributed by atoms with E-state index in [2.05, 4.69) is 81.4 Å². The zero-order chi connectivity index (χ0) is 41.9. The number of fused-ring (bicyclic) bond motifs is 4. The maximum Gasteiger partial charge on any atom is 0.256 e. The molecule has 21 heteroatoms. The number of anilines is 5. The van der Waals surface area contributed by atoms with Crippen molar-refractivity contribution in [3.8, 4) is 5.88 Å². The van der Waals surface area contributed by atoms with Crippen LogP contribution in [0.1, 0.15) is 30.7 Å².